The first-order valence-corrected chi connectivity index (χ1v) is 28.1. The van der Waals surface area contributed by atoms with E-state index in [1.54, 1.807) is 12.5 Å². The number of carbonyl (C=O) groups is 12. The highest BCUT2D eigenvalue weighted by Gasteiger charge is 2.34. The number of amides is 8. The standard InChI is InChI=1S/C50H72N12O18S2/c1-81-20-17-33(45(75)59-34(18-21-82-2)46(76)61-35(49(79)80)4-3-19-54-50(52)53)60-48(78)37(23-27-7-11-29(64)12-8-27)62-47(77)36(22-26-5-9-28(63)10-6-26)56-38(65)25-55-43(73)31(13-15-39(66)67)58-44(74)32(14-16-40(68)69)57-42(72)30(51)24-41(70)71/h5-12,30-37,63-64H,3-4,13-25,51H2,1-2H3,(H,55,73)(H,56,65)(H,57,72)(H,58,74)(H,59,75)(H,60,78)(H,61,76)(H,62,77)(H,66,67)(H,68,69)(H,70,71)(H,79,80)(H4,52,53,54)/t30-,31-,32-,33-,34-,35-,36-,37-/m0/s1. The zero-order chi connectivity index (χ0) is 61.5. The van der Waals surface area contributed by atoms with Crippen molar-refractivity contribution in [1.29, 1.82) is 0 Å². The second kappa shape index (κ2) is 36.8. The molecule has 2 rings (SSSR count). The van der Waals surface area contributed by atoms with E-state index in [-0.39, 0.29) is 62.5 Å². The average Bonchev–Trinajstić information content (AvgIpc) is 3.50. The van der Waals surface area contributed by atoms with Crippen molar-refractivity contribution in [2.24, 2.45) is 22.2 Å². The smallest absolute Gasteiger partial charge is 0.326 e. The molecule has 0 spiro atoms. The van der Waals surface area contributed by atoms with E-state index in [0.29, 0.717) is 22.6 Å². The van der Waals surface area contributed by atoms with Gasteiger partial charge < -0.3 is 90.4 Å². The molecule has 82 heavy (non-hydrogen) atoms. The highest BCUT2D eigenvalue weighted by molar-refractivity contribution is 7.98. The number of phenolic OH excluding ortho intramolecular Hbond substituents is 2. The Balaban J connectivity index is 2.47. The van der Waals surface area contributed by atoms with Gasteiger partial charge in [0.2, 0.25) is 47.3 Å². The molecule has 0 saturated carbocycles. The number of benzene rings is 2. The normalized spacial score (nSPS) is 13.7. The zero-order valence-corrected chi connectivity index (χ0v) is 46.6. The summed E-state index contributed by atoms with van der Waals surface area (Å²) in [7, 11) is 0. The van der Waals surface area contributed by atoms with Crippen molar-refractivity contribution >= 4 is 101 Å². The van der Waals surface area contributed by atoms with Crippen molar-refractivity contribution in [2.45, 2.75) is 119 Å². The summed E-state index contributed by atoms with van der Waals surface area (Å²) in [6, 6.07) is -1.30. The molecule has 0 radical (unpaired) electrons. The molecule has 2 aromatic rings. The van der Waals surface area contributed by atoms with Gasteiger partial charge in [0.05, 0.1) is 19.0 Å². The molecule has 8 amide bonds. The maximum Gasteiger partial charge on any atom is 0.326 e. The average molecular weight is 1190 g/mol. The number of aromatic hydroxyl groups is 2. The van der Waals surface area contributed by atoms with Gasteiger partial charge >= 0.3 is 23.9 Å². The Hall–Kier alpha value is -8.39. The summed E-state index contributed by atoms with van der Waals surface area (Å²) in [5.41, 5.74) is 17.0. The fourth-order valence-corrected chi connectivity index (χ4v) is 8.40. The molecule has 0 unspecified atom stereocenters. The number of nitrogens with two attached hydrogens (primary N) is 3. The molecule has 0 fully saturated rings. The number of carboxylic acids is 4. The van der Waals surface area contributed by atoms with Crippen molar-refractivity contribution < 1.29 is 88.2 Å². The van der Waals surface area contributed by atoms with Crippen LogP contribution in [0.1, 0.15) is 68.9 Å². The maximum atomic E-state index is 14.5. The van der Waals surface area contributed by atoms with Gasteiger partial charge in [-0.3, -0.25) is 57.7 Å². The molecular formula is C50H72N12O18S2. The summed E-state index contributed by atoms with van der Waals surface area (Å²) in [6.45, 7) is -0.847. The maximum absolute atomic E-state index is 14.5. The summed E-state index contributed by atoms with van der Waals surface area (Å²) in [4.78, 5) is 160. The van der Waals surface area contributed by atoms with Crippen LogP contribution in [0.25, 0.3) is 0 Å². The quantitative estimate of drug-likeness (QED) is 0.0176. The number of nitrogens with zero attached hydrogens (tertiary/aromatic N) is 1. The minimum absolute atomic E-state index is 0.00467. The topological polar surface area (TPSA) is 513 Å². The van der Waals surface area contributed by atoms with Gasteiger partial charge in [0, 0.05) is 32.2 Å². The molecule has 0 aliphatic heterocycles. The third-order valence-electron chi connectivity index (χ3n) is 11.8. The van der Waals surface area contributed by atoms with Gasteiger partial charge in [-0.1, -0.05) is 24.3 Å². The monoisotopic (exact) mass is 1190 g/mol. The molecule has 0 bridgehead atoms. The van der Waals surface area contributed by atoms with Gasteiger partial charge in [0.25, 0.3) is 0 Å². The zero-order valence-electron chi connectivity index (χ0n) is 44.9. The van der Waals surface area contributed by atoms with Crippen molar-refractivity contribution in [2.75, 3.05) is 37.1 Å². The van der Waals surface area contributed by atoms with Crippen LogP contribution in [-0.4, -0.2) is 193 Å². The van der Waals surface area contributed by atoms with Gasteiger partial charge in [0.1, 0.15) is 53.8 Å². The minimum Gasteiger partial charge on any atom is -0.508 e. The van der Waals surface area contributed by atoms with Crippen LogP contribution in [-0.2, 0) is 70.4 Å². The second-order valence-corrected chi connectivity index (χ2v) is 20.3. The van der Waals surface area contributed by atoms with Crippen molar-refractivity contribution in [1.82, 2.24) is 42.5 Å². The number of aliphatic carboxylic acids is 4. The van der Waals surface area contributed by atoms with Crippen LogP contribution in [0.15, 0.2) is 53.5 Å². The number of hydrogen-bond donors (Lipinski definition) is 17. The van der Waals surface area contributed by atoms with Crippen LogP contribution >= 0.6 is 23.5 Å². The Morgan fingerprint density at radius 2 is 0.866 bits per heavy atom. The van der Waals surface area contributed by atoms with Gasteiger partial charge in [-0.2, -0.15) is 23.5 Å². The minimum atomic E-state index is -1.74. The highest BCUT2D eigenvalue weighted by Crippen LogP contribution is 2.15. The summed E-state index contributed by atoms with van der Waals surface area (Å²) in [6.07, 6.45) is -0.414. The lowest BCUT2D eigenvalue weighted by atomic mass is 10.0. The van der Waals surface area contributed by atoms with Gasteiger partial charge in [-0.05, 0) is 97.9 Å². The number of carboxylic acid groups (broad SMARTS) is 4. The van der Waals surface area contributed by atoms with Gasteiger partial charge in [-0.15, -0.1) is 0 Å². The van der Waals surface area contributed by atoms with Crippen LogP contribution < -0.4 is 59.7 Å². The van der Waals surface area contributed by atoms with E-state index in [1.807, 2.05) is 0 Å². The Bertz CT molecular complexity index is 2560. The number of aliphatic imine (C=N–C) groups is 1. The van der Waals surface area contributed by atoms with Crippen LogP contribution in [0, 0.1) is 0 Å². The second-order valence-electron chi connectivity index (χ2n) is 18.4. The number of guanidine groups is 1. The van der Waals surface area contributed by atoms with E-state index >= 15 is 0 Å². The number of rotatable bonds is 39. The van der Waals surface area contributed by atoms with E-state index in [9.17, 15) is 83.1 Å². The summed E-state index contributed by atoms with van der Waals surface area (Å²) < 4.78 is 0. The Morgan fingerprint density at radius 3 is 1.27 bits per heavy atom. The van der Waals surface area contributed by atoms with Crippen LogP contribution in [0.3, 0.4) is 0 Å². The number of thioether (sulfide) groups is 2. The lowest BCUT2D eigenvalue weighted by Crippen LogP contribution is -2.60. The summed E-state index contributed by atoms with van der Waals surface area (Å²) in [5, 5.41) is 76.8. The first kappa shape index (κ1) is 69.7. The molecule has 0 saturated heterocycles. The largest absolute Gasteiger partial charge is 0.508 e. The predicted octanol–water partition coefficient (Wildman–Crippen LogP) is -3.43. The number of phenols is 2. The lowest BCUT2D eigenvalue weighted by molar-refractivity contribution is -0.142. The molecule has 0 heterocycles. The summed E-state index contributed by atoms with van der Waals surface area (Å²) >= 11 is 2.66. The van der Waals surface area contributed by atoms with Crippen LogP contribution in [0.4, 0.5) is 0 Å². The van der Waals surface area contributed by atoms with E-state index in [2.05, 4.69) is 47.5 Å². The highest BCUT2D eigenvalue weighted by atomic mass is 32.2. The predicted molar refractivity (Wildman–Crippen MR) is 298 cm³/mol. The molecule has 20 N–H and O–H groups in total. The molecule has 0 aromatic heterocycles. The molecule has 30 nitrogen and oxygen atoms in total. The molecular weight excluding hydrogens is 1120 g/mol. The van der Waals surface area contributed by atoms with Crippen molar-refractivity contribution in [3.63, 3.8) is 0 Å². The molecule has 2 aromatic carbocycles. The van der Waals surface area contributed by atoms with E-state index < -0.39 is 158 Å². The Morgan fingerprint density at radius 1 is 0.488 bits per heavy atom. The molecule has 0 aliphatic carbocycles. The third kappa shape index (κ3) is 27.7. The fraction of sp³-hybridized carbons (Fsp3) is 0.500. The van der Waals surface area contributed by atoms with E-state index in [0.717, 1.165) is 0 Å². The number of hydrogen-bond acceptors (Lipinski definition) is 18. The van der Waals surface area contributed by atoms with Gasteiger partial charge in [-0.25, -0.2) is 4.79 Å². The first-order valence-electron chi connectivity index (χ1n) is 25.3. The lowest BCUT2D eigenvalue weighted by Gasteiger charge is -2.27. The Labute approximate surface area is 479 Å². The fourth-order valence-electron chi connectivity index (χ4n) is 7.45. The van der Waals surface area contributed by atoms with Crippen molar-refractivity contribution in [3.8, 4) is 11.5 Å². The molecule has 0 aliphatic rings. The SMILES string of the molecule is CSCC[C@H](NC(=O)[C@H](CCSC)NC(=O)[C@H](Cc1ccc(O)cc1)NC(=O)[C@H](Cc1ccc(O)cc1)NC(=O)CNC(=O)[C@H](CCC(=O)O)NC(=O)[C@H](CCC(=O)O)NC(=O)[C@@H](N)CC(=O)O)C(=O)N[C@@H](CCCN=C(N)N)C(=O)O. The van der Waals surface area contributed by atoms with Crippen LogP contribution in [0.2, 0.25) is 0 Å². The third-order valence-corrected chi connectivity index (χ3v) is 13.1. The van der Waals surface area contributed by atoms with Crippen LogP contribution in [0.5, 0.6) is 11.5 Å². The number of carbonyl (C=O) groups excluding carboxylic acids is 8. The molecule has 8 atom stereocenters. The molecule has 32 heteroatoms. The Kier molecular flexibility index (Phi) is 31.3. The van der Waals surface area contributed by atoms with Gasteiger partial charge in [0.15, 0.2) is 5.96 Å². The van der Waals surface area contributed by atoms with E-state index in [1.165, 1.54) is 72.1 Å². The summed E-state index contributed by atoms with van der Waals surface area (Å²) in [5.74, 6) is -13.6. The van der Waals surface area contributed by atoms with Crippen molar-refractivity contribution in [3.05, 3.63) is 59.7 Å². The molecule has 452 valence electrons. The van der Waals surface area contributed by atoms with E-state index in [4.69, 9.17) is 22.3 Å². The number of nitrogens with one attached hydrogen (secondary N) is 8. The first-order chi connectivity index (χ1) is 38.7.